The molecule has 3 heterocycles. The summed E-state index contributed by atoms with van der Waals surface area (Å²) >= 11 is 3.41. The summed E-state index contributed by atoms with van der Waals surface area (Å²) in [4.78, 5) is 0. The Balaban J connectivity index is 0.000000187. The molecule has 0 bridgehead atoms. The number of nitrogen functional groups attached to an aromatic ring is 1. The SMILES string of the molecule is CC(C)(C)P1C(C)(C)c2ccccc2C2(c3ccccc3)CC12C.CC(C)(C)[O-].CC(C)(C)c1ccc(Br)cc1.CC(C)(C)c1ccc(Nc2ccn(-c3ccccc3)n2)cc1.Nc1ccn(-c2ccccc2)n1.[Na+]. The number of anilines is 3. The van der Waals surface area contributed by atoms with Crippen molar-refractivity contribution in [3.63, 3.8) is 0 Å². The zero-order valence-electron chi connectivity index (χ0n) is 47.7. The molecule has 1 aliphatic heterocycles. The van der Waals surface area contributed by atoms with Crippen LogP contribution in [0, 0.1) is 0 Å². The van der Waals surface area contributed by atoms with E-state index in [1.807, 2.05) is 83.8 Å². The Morgan fingerprint density at radius 2 is 0.960 bits per heavy atom. The maximum atomic E-state index is 10.1. The minimum Gasteiger partial charge on any atom is -0.850 e. The summed E-state index contributed by atoms with van der Waals surface area (Å²) in [6.45, 7) is 33.2. The molecule has 390 valence electrons. The van der Waals surface area contributed by atoms with Crippen molar-refractivity contribution in [1.82, 2.24) is 19.6 Å². The zero-order chi connectivity index (χ0) is 54.3. The molecule has 3 atom stereocenters. The van der Waals surface area contributed by atoms with E-state index in [0.29, 0.717) is 16.1 Å². The average molecular weight is 1100 g/mol. The molecule has 10 heteroatoms. The number of nitrogens with one attached hydrogen (secondary N) is 1. The Labute approximate surface area is 482 Å². The smallest absolute Gasteiger partial charge is 0.850 e. The Morgan fingerprint density at radius 1 is 0.547 bits per heavy atom. The Hall–Kier alpha value is -4.79. The fourth-order valence-corrected chi connectivity index (χ4v) is 16.6. The number of nitrogens with zero attached hydrogens (tertiary/aromatic N) is 4. The fraction of sp³-hybridized carbons (Fsp3) is 0.354. The molecular weight excluding hydrogens is 1010 g/mol. The van der Waals surface area contributed by atoms with Crippen LogP contribution in [0.4, 0.5) is 17.3 Å². The van der Waals surface area contributed by atoms with Crippen LogP contribution in [0.15, 0.2) is 193 Å². The molecule has 1 aliphatic carbocycles. The van der Waals surface area contributed by atoms with Crippen molar-refractivity contribution >= 4 is 41.2 Å². The average Bonchev–Trinajstić information content (AvgIpc) is 3.58. The minimum atomic E-state index is -0.750. The molecule has 6 aromatic carbocycles. The van der Waals surface area contributed by atoms with Crippen molar-refractivity contribution in [2.75, 3.05) is 11.1 Å². The van der Waals surface area contributed by atoms with Gasteiger partial charge in [0.15, 0.2) is 5.82 Å². The van der Waals surface area contributed by atoms with Gasteiger partial charge in [-0.25, -0.2) is 9.36 Å². The molecule has 0 spiro atoms. The van der Waals surface area contributed by atoms with Gasteiger partial charge in [0.2, 0.25) is 0 Å². The molecule has 2 aliphatic rings. The van der Waals surface area contributed by atoms with Gasteiger partial charge in [0.1, 0.15) is 5.82 Å². The van der Waals surface area contributed by atoms with E-state index >= 15 is 0 Å². The fourth-order valence-electron chi connectivity index (χ4n) is 10.5. The normalized spacial score (nSPS) is 18.2. The van der Waals surface area contributed by atoms with E-state index in [0.717, 1.165) is 27.4 Å². The number of halogens is 1. The first-order valence-corrected chi connectivity index (χ1v) is 28.0. The number of para-hydroxylation sites is 2. The predicted molar refractivity (Wildman–Crippen MR) is 319 cm³/mol. The van der Waals surface area contributed by atoms with Crippen molar-refractivity contribution in [3.8, 4) is 11.4 Å². The maximum absolute atomic E-state index is 10.1. The summed E-state index contributed by atoms with van der Waals surface area (Å²) in [5.74, 6) is 1.38. The first-order chi connectivity index (χ1) is 34.5. The first-order valence-electron chi connectivity index (χ1n) is 25.8. The van der Waals surface area contributed by atoms with Gasteiger partial charge in [0.25, 0.3) is 0 Å². The van der Waals surface area contributed by atoms with Gasteiger partial charge < -0.3 is 16.2 Å². The molecule has 7 nitrogen and oxygen atoms in total. The van der Waals surface area contributed by atoms with Gasteiger partial charge in [0.05, 0.1) is 11.4 Å². The van der Waals surface area contributed by atoms with Crippen LogP contribution in [0.25, 0.3) is 11.4 Å². The summed E-state index contributed by atoms with van der Waals surface area (Å²) in [5.41, 5.74) is 15.9. The van der Waals surface area contributed by atoms with Crippen LogP contribution >= 0.6 is 23.9 Å². The van der Waals surface area contributed by atoms with Crippen LogP contribution in [0.3, 0.4) is 0 Å². The second-order valence-corrected chi connectivity index (χ2v) is 29.2. The molecule has 8 aromatic rings. The maximum Gasteiger partial charge on any atom is 1.00 e. The van der Waals surface area contributed by atoms with E-state index < -0.39 is 5.60 Å². The Kier molecular flexibility index (Phi) is 20.1. The second kappa shape index (κ2) is 24.7. The van der Waals surface area contributed by atoms with E-state index in [9.17, 15) is 5.11 Å². The molecule has 3 unspecified atom stereocenters. The summed E-state index contributed by atoms with van der Waals surface area (Å²) in [7, 11) is -0.184. The van der Waals surface area contributed by atoms with Crippen molar-refractivity contribution in [2.24, 2.45) is 0 Å². The van der Waals surface area contributed by atoms with Gasteiger partial charge in [0, 0.05) is 50.4 Å². The zero-order valence-corrected chi connectivity index (χ0v) is 52.2. The van der Waals surface area contributed by atoms with Crippen molar-refractivity contribution in [2.45, 2.75) is 148 Å². The Morgan fingerprint density at radius 3 is 1.40 bits per heavy atom. The molecule has 0 saturated heterocycles. The number of hydrogen-bond donors (Lipinski definition) is 2. The van der Waals surface area contributed by atoms with E-state index in [1.54, 1.807) is 42.6 Å². The van der Waals surface area contributed by atoms with Crippen molar-refractivity contribution in [1.29, 1.82) is 0 Å². The van der Waals surface area contributed by atoms with Gasteiger partial charge in [-0.1, -0.05) is 243 Å². The molecule has 1 saturated carbocycles. The standard InChI is InChI=1S/C23H29P.C19H21N3.C10H13Br.C9H9N3.C4H9O.Na/c1-20(2,3)24-21(4,5)18-14-10-11-15-19(18)23(16-22(23,24)6)17-12-8-7-9-13-17;1-19(2,3)15-9-11-16(12-10-15)20-18-13-14-22(21-18)17-7-5-4-6-8-17;1-10(2,3)8-4-6-9(11)7-5-8;10-9-6-7-12(11-9)8-4-2-1-3-5-8;1-4(2,3)5;/h7-15H,16H2,1-6H3;4-14H,1-3H3,(H,20,21);4-7H,1-3H3;1-7H,(H2,10,11);1-3H3;/q;;;;-1;+1. The summed E-state index contributed by atoms with van der Waals surface area (Å²) in [6, 6.07) is 61.3. The topological polar surface area (TPSA) is 96.7 Å². The third-order valence-corrected chi connectivity index (χ3v) is 18.2. The van der Waals surface area contributed by atoms with Gasteiger partial charge in [-0.05, 0) is 98.8 Å². The van der Waals surface area contributed by atoms with Crippen molar-refractivity contribution < 1.29 is 34.7 Å². The number of rotatable bonds is 5. The van der Waals surface area contributed by atoms with Crippen LogP contribution in [0.5, 0.6) is 0 Å². The minimum absolute atomic E-state index is 0. The number of fused-ring (bicyclic) bond motifs is 3. The third-order valence-electron chi connectivity index (χ3n) is 13.4. The summed E-state index contributed by atoms with van der Waals surface area (Å²) in [6.07, 6.45) is 5.10. The Bertz CT molecular complexity index is 3000. The molecule has 10 rings (SSSR count). The van der Waals surface area contributed by atoms with Crippen LogP contribution in [-0.2, 0) is 21.4 Å². The van der Waals surface area contributed by atoms with Crippen LogP contribution in [0.2, 0.25) is 0 Å². The quantitative estimate of drug-likeness (QED) is 0.132. The van der Waals surface area contributed by atoms with Gasteiger partial charge >= 0.3 is 29.6 Å². The first kappa shape index (κ1) is 61.1. The molecule has 0 amide bonds. The number of nitrogens with two attached hydrogens (primary N) is 1. The molecule has 1 fully saturated rings. The largest absolute Gasteiger partial charge is 1.00 e. The predicted octanol–water partition coefficient (Wildman–Crippen LogP) is 13.9. The third kappa shape index (κ3) is 15.7. The number of hydrogen-bond acceptors (Lipinski definition) is 5. The van der Waals surface area contributed by atoms with E-state index in [-0.39, 0.29) is 58.9 Å². The molecule has 0 radical (unpaired) electrons. The van der Waals surface area contributed by atoms with E-state index in [1.165, 1.54) is 23.1 Å². The van der Waals surface area contributed by atoms with Crippen LogP contribution in [-0.4, -0.2) is 35.5 Å². The van der Waals surface area contributed by atoms with E-state index in [2.05, 4.69) is 218 Å². The molecular formula is C65H81BrN6NaOP. The molecule has 3 N–H and O–H groups in total. The van der Waals surface area contributed by atoms with E-state index in [4.69, 9.17) is 5.73 Å². The van der Waals surface area contributed by atoms with Crippen molar-refractivity contribution in [3.05, 3.63) is 221 Å². The molecule has 75 heavy (non-hydrogen) atoms. The van der Waals surface area contributed by atoms with Crippen LogP contribution < -0.4 is 45.7 Å². The van der Waals surface area contributed by atoms with Gasteiger partial charge in [-0.2, -0.15) is 10.2 Å². The summed E-state index contributed by atoms with van der Waals surface area (Å²) in [5, 5.41) is 23.1. The van der Waals surface area contributed by atoms with Gasteiger partial charge in [-0.3, -0.25) is 0 Å². The number of aromatic nitrogens is 4. The number of benzene rings is 6. The van der Waals surface area contributed by atoms with Crippen LogP contribution in [0.1, 0.15) is 138 Å². The summed E-state index contributed by atoms with van der Waals surface area (Å²) < 4.78 is 4.76. The monoisotopic (exact) mass is 1090 g/mol. The second-order valence-electron chi connectivity index (χ2n) is 24.2. The molecule has 2 aromatic heterocycles. The van der Waals surface area contributed by atoms with Gasteiger partial charge in [-0.15, -0.1) is 5.60 Å².